The molecule has 0 unspecified atom stereocenters. The van der Waals surface area contributed by atoms with Crippen molar-refractivity contribution in [2.45, 2.75) is 45.1 Å². The minimum absolute atomic E-state index is 0.113. The molecule has 0 saturated carbocycles. The number of carbonyl (C=O) groups is 2. The Labute approximate surface area is 171 Å². The largest absolute Gasteiger partial charge is 0.357 e. The molecule has 4 rings (SSSR count). The van der Waals surface area contributed by atoms with Crippen LogP contribution in [0.4, 0.5) is 11.5 Å². The summed E-state index contributed by atoms with van der Waals surface area (Å²) < 4.78 is 0. The van der Waals surface area contributed by atoms with Gasteiger partial charge in [0, 0.05) is 50.0 Å². The average Bonchev–Trinajstić information content (AvgIpc) is 3.01. The van der Waals surface area contributed by atoms with Gasteiger partial charge in [0.15, 0.2) is 0 Å². The van der Waals surface area contributed by atoms with Gasteiger partial charge in [-0.15, -0.1) is 0 Å². The van der Waals surface area contributed by atoms with Crippen molar-refractivity contribution in [3.05, 3.63) is 53.7 Å². The monoisotopic (exact) mass is 392 g/mol. The molecule has 2 amide bonds. The second-order valence-electron chi connectivity index (χ2n) is 7.80. The van der Waals surface area contributed by atoms with Crippen molar-refractivity contribution in [2.24, 2.45) is 0 Å². The highest BCUT2D eigenvalue weighted by atomic mass is 16.2. The first-order valence-electron chi connectivity index (χ1n) is 10.6. The van der Waals surface area contributed by atoms with Crippen molar-refractivity contribution in [1.82, 2.24) is 10.3 Å². The smallest absolute Gasteiger partial charge is 0.251 e. The number of nitrogens with zero attached hydrogens (tertiary/aromatic N) is 3. The molecular formula is C23H28N4O2. The molecule has 2 aliphatic heterocycles. The molecule has 1 N–H and O–H groups in total. The van der Waals surface area contributed by atoms with Gasteiger partial charge in [-0.3, -0.25) is 9.59 Å². The molecule has 2 aromatic rings. The van der Waals surface area contributed by atoms with E-state index in [2.05, 4.69) is 21.3 Å². The Bertz CT molecular complexity index is 857. The van der Waals surface area contributed by atoms with Gasteiger partial charge in [-0.1, -0.05) is 12.8 Å². The van der Waals surface area contributed by atoms with Gasteiger partial charge in [-0.25, -0.2) is 4.98 Å². The second kappa shape index (κ2) is 9.07. The van der Waals surface area contributed by atoms with Crippen LogP contribution in [-0.4, -0.2) is 36.4 Å². The van der Waals surface area contributed by atoms with Gasteiger partial charge in [0.25, 0.3) is 5.91 Å². The zero-order valence-electron chi connectivity index (χ0n) is 16.8. The number of benzene rings is 1. The van der Waals surface area contributed by atoms with Gasteiger partial charge in [0.1, 0.15) is 5.82 Å². The fraction of sp³-hybridized carbons (Fsp3) is 0.435. The van der Waals surface area contributed by atoms with Crippen molar-refractivity contribution in [1.29, 1.82) is 0 Å². The summed E-state index contributed by atoms with van der Waals surface area (Å²) in [5.74, 6) is 1.04. The van der Waals surface area contributed by atoms with Gasteiger partial charge in [-0.2, -0.15) is 0 Å². The van der Waals surface area contributed by atoms with Crippen LogP contribution in [0.5, 0.6) is 0 Å². The van der Waals surface area contributed by atoms with Crippen LogP contribution in [0.25, 0.3) is 0 Å². The lowest BCUT2D eigenvalue weighted by Crippen LogP contribution is -2.26. The second-order valence-corrected chi connectivity index (χ2v) is 7.80. The molecule has 0 spiro atoms. The topological polar surface area (TPSA) is 65.5 Å². The predicted molar refractivity (Wildman–Crippen MR) is 114 cm³/mol. The van der Waals surface area contributed by atoms with E-state index < -0.39 is 0 Å². The van der Waals surface area contributed by atoms with E-state index in [1.807, 2.05) is 24.4 Å². The quantitative estimate of drug-likeness (QED) is 0.846. The number of hydrogen-bond donors (Lipinski definition) is 1. The van der Waals surface area contributed by atoms with Crippen LogP contribution in [-0.2, 0) is 11.3 Å². The number of hydrogen-bond acceptors (Lipinski definition) is 4. The van der Waals surface area contributed by atoms with Crippen molar-refractivity contribution >= 4 is 23.3 Å². The first-order chi connectivity index (χ1) is 14.2. The highest BCUT2D eigenvalue weighted by Gasteiger charge is 2.21. The molecule has 29 heavy (non-hydrogen) atoms. The van der Waals surface area contributed by atoms with Crippen LogP contribution in [0.15, 0.2) is 42.6 Å². The maximum Gasteiger partial charge on any atom is 0.251 e. The van der Waals surface area contributed by atoms with Crippen LogP contribution in [0.2, 0.25) is 0 Å². The molecule has 1 aromatic carbocycles. The zero-order chi connectivity index (χ0) is 20.1. The van der Waals surface area contributed by atoms with Crippen molar-refractivity contribution < 1.29 is 9.59 Å². The van der Waals surface area contributed by atoms with E-state index >= 15 is 0 Å². The van der Waals surface area contributed by atoms with E-state index in [0.717, 1.165) is 43.1 Å². The molecule has 0 atom stereocenters. The lowest BCUT2D eigenvalue weighted by Gasteiger charge is -2.21. The van der Waals surface area contributed by atoms with Crippen LogP contribution in [0, 0.1) is 0 Å². The lowest BCUT2D eigenvalue weighted by atomic mass is 10.1. The number of carbonyl (C=O) groups excluding carboxylic acids is 2. The number of amides is 2. The third-order valence-corrected chi connectivity index (χ3v) is 5.71. The molecule has 0 radical (unpaired) electrons. The molecular weight excluding hydrogens is 364 g/mol. The minimum Gasteiger partial charge on any atom is -0.357 e. The Morgan fingerprint density at radius 1 is 0.966 bits per heavy atom. The maximum atomic E-state index is 12.5. The average molecular weight is 393 g/mol. The summed E-state index contributed by atoms with van der Waals surface area (Å²) in [5.41, 5.74) is 2.51. The Morgan fingerprint density at radius 3 is 2.41 bits per heavy atom. The van der Waals surface area contributed by atoms with E-state index in [9.17, 15) is 9.59 Å². The first kappa shape index (κ1) is 19.4. The van der Waals surface area contributed by atoms with Crippen LogP contribution >= 0.6 is 0 Å². The molecule has 1 aromatic heterocycles. The van der Waals surface area contributed by atoms with E-state index in [0.29, 0.717) is 18.5 Å². The molecule has 3 heterocycles. The Kier molecular flexibility index (Phi) is 6.08. The normalized spacial score (nSPS) is 17.3. The third kappa shape index (κ3) is 4.75. The van der Waals surface area contributed by atoms with Crippen molar-refractivity contribution in [2.75, 3.05) is 29.4 Å². The maximum absolute atomic E-state index is 12.5. The molecule has 0 aliphatic carbocycles. The summed E-state index contributed by atoms with van der Waals surface area (Å²) in [5, 5.41) is 2.99. The summed E-state index contributed by atoms with van der Waals surface area (Å²) in [6.07, 6.45) is 8.32. The molecule has 2 aliphatic rings. The third-order valence-electron chi connectivity index (χ3n) is 5.71. The zero-order valence-corrected chi connectivity index (χ0v) is 16.8. The van der Waals surface area contributed by atoms with Gasteiger partial charge in [-0.05, 0) is 61.2 Å². The summed E-state index contributed by atoms with van der Waals surface area (Å²) in [6.45, 7) is 3.32. The fourth-order valence-electron chi connectivity index (χ4n) is 4.04. The van der Waals surface area contributed by atoms with Crippen LogP contribution in [0.1, 0.15) is 54.4 Å². The van der Waals surface area contributed by atoms with Crippen LogP contribution in [0.3, 0.4) is 0 Å². The summed E-state index contributed by atoms with van der Waals surface area (Å²) in [6, 6.07) is 11.3. The number of nitrogens with one attached hydrogen (secondary N) is 1. The van der Waals surface area contributed by atoms with Crippen molar-refractivity contribution in [3.63, 3.8) is 0 Å². The molecule has 152 valence electrons. The first-order valence-corrected chi connectivity index (χ1v) is 10.6. The summed E-state index contributed by atoms with van der Waals surface area (Å²) in [4.78, 5) is 33.0. The minimum atomic E-state index is -0.113. The Hall–Kier alpha value is -2.89. The van der Waals surface area contributed by atoms with E-state index in [-0.39, 0.29) is 11.8 Å². The molecule has 2 saturated heterocycles. The van der Waals surface area contributed by atoms with E-state index in [1.165, 1.54) is 25.7 Å². The van der Waals surface area contributed by atoms with Gasteiger partial charge in [0.2, 0.25) is 5.91 Å². The predicted octanol–water partition coefficient (Wildman–Crippen LogP) is 3.52. The summed E-state index contributed by atoms with van der Waals surface area (Å²) >= 11 is 0. The Balaban J connectivity index is 1.35. The van der Waals surface area contributed by atoms with Gasteiger partial charge < -0.3 is 15.1 Å². The molecule has 0 bridgehead atoms. The van der Waals surface area contributed by atoms with Crippen LogP contribution < -0.4 is 15.1 Å². The lowest BCUT2D eigenvalue weighted by molar-refractivity contribution is -0.117. The Morgan fingerprint density at radius 2 is 1.72 bits per heavy atom. The number of pyridine rings is 1. The SMILES string of the molecule is O=C(NCc1ccnc(N2CCCCCC2)c1)c1ccc(N2CCCC2=O)cc1. The van der Waals surface area contributed by atoms with Gasteiger partial charge >= 0.3 is 0 Å². The van der Waals surface area contributed by atoms with E-state index in [4.69, 9.17) is 0 Å². The number of anilines is 2. The van der Waals surface area contributed by atoms with Gasteiger partial charge in [0.05, 0.1) is 0 Å². The standard InChI is InChI=1S/C23H28N4O2/c28-22-6-5-15-27(22)20-9-7-19(8-10-20)23(29)25-17-18-11-12-24-21(16-18)26-13-3-1-2-4-14-26/h7-12,16H,1-6,13-15,17H2,(H,25,29). The molecule has 2 fully saturated rings. The van der Waals surface area contributed by atoms with Crippen molar-refractivity contribution in [3.8, 4) is 0 Å². The number of rotatable bonds is 5. The fourth-order valence-corrected chi connectivity index (χ4v) is 4.04. The van der Waals surface area contributed by atoms with E-state index in [1.54, 1.807) is 17.0 Å². The molecule has 6 heteroatoms. The molecule has 6 nitrogen and oxygen atoms in total. The number of aromatic nitrogens is 1. The highest BCUT2D eigenvalue weighted by Crippen LogP contribution is 2.22. The highest BCUT2D eigenvalue weighted by molar-refractivity contribution is 5.97. The summed E-state index contributed by atoms with van der Waals surface area (Å²) in [7, 11) is 0.